The van der Waals surface area contributed by atoms with Gasteiger partial charge in [-0.1, -0.05) is 0 Å². The molecule has 0 amide bonds. The molecule has 3 aromatic rings. The normalized spacial score (nSPS) is 10.5. The molecule has 3 rings (SSSR count). The molecule has 0 spiro atoms. The molecule has 12 N–H and O–H groups in total. The van der Waals surface area contributed by atoms with Gasteiger partial charge in [-0.25, -0.2) is 0 Å². The third-order valence-electron chi connectivity index (χ3n) is 6.28. The van der Waals surface area contributed by atoms with Crippen LogP contribution in [0.15, 0.2) is 66.7 Å². The smallest absolute Gasteiger partial charge is 0.270 e. The summed E-state index contributed by atoms with van der Waals surface area (Å²) in [5, 5.41) is 17.0. The number of ether oxygens (including phenoxy) is 4. The van der Waals surface area contributed by atoms with Gasteiger partial charge in [-0.05, 0) is 105 Å². The van der Waals surface area contributed by atoms with Crippen molar-refractivity contribution in [2.75, 3.05) is 26.4 Å². The first kappa shape index (κ1) is 30.8. The minimum atomic E-state index is 0.234. The van der Waals surface area contributed by atoms with E-state index < -0.39 is 0 Å². The molecular weight excluding hydrogens is 520 g/mol. The van der Waals surface area contributed by atoms with E-state index in [0.29, 0.717) is 55.2 Å². The molecule has 41 heavy (non-hydrogen) atoms. The van der Waals surface area contributed by atoms with E-state index in [1.165, 1.54) is 0 Å². The van der Waals surface area contributed by atoms with Crippen molar-refractivity contribution in [2.24, 2.45) is 17.2 Å². The largest absolute Gasteiger partial charge is 0.494 e. The highest BCUT2D eigenvalue weighted by molar-refractivity contribution is 5.93. The highest BCUT2D eigenvalue weighted by Crippen LogP contribution is 2.29. The van der Waals surface area contributed by atoms with Crippen LogP contribution in [0.5, 0.6) is 23.0 Å². The average Bonchev–Trinajstić information content (AvgIpc) is 2.97. The summed E-state index contributed by atoms with van der Waals surface area (Å²) in [6.07, 6.45) is 5.48. The highest BCUT2D eigenvalue weighted by atomic mass is 16.5. The Morgan fingerprint density at radius 3 is 1.22 bits per heavy atom. The van der Waals surface area contributed by atoms with Crippen LogP contribution >= 0.6 is 0 Å². The third kappa shape index (κ3) is 10.7. The predicted molar refractivity (Wildman–Crippen MR) is 160 cm³/mol. The van der Waals surface area contributed by atoms with E-state index in [0.717, 1.165) is 61.2 Å². The van der Waals surface area contributed by atoms with Crippen LogP contribution in [0.3, 0.4) is 0 Å². The Labute approximate surface area is 241 Å². The minimum Gasteiger partial charge on any atom is -0.494 e. The molecule has 0 fully saturated rings. The summed E-state index contributed by atoms with van der Waals surface area (Å²) in [6.45, 7) is 2.34. The molecule has 218 valence electrons. The first-order valence-electron chi connectivity index (χ1n) is 13.8. The number of hydrogen-bond donors (Lipinski definition) is 6. The van der Waals surface area contributed by atoms with Gasteiger partial charge in [0, 0.05) is 0 Å². The number of benzene rings is 3. The lowest BCUT2D eigenvalue weighted by molar-refractivity contribution is -0.115. The minimum absolute atomic E-state index is 0.234. The van der Waals surface area contributed by atoms with Gasteiger partial charge in [0.15, 0.2) is 11.5 Å². The van der Waals surface area contributed by atoms with Gasteiger partial charge in [0.1, 0.15) is 11.5 Å². The molecule has 10 heteroatoms. The van der Waals surface area contributed by atoms with Crippen molar-refractivity contribution in [2.45, 2.75) is 38.5 Å². The molecule has 0 bridgehead atoms. The van der Waals surface area contributed by atoms with E-state index in [1.54, 1.807) is 0 Å². The van der Waals surface area contributed by atoms with Crippen LogP contribution in [0, 0.1) is 0 Å². The van der Waals surface area contributed by atoms with Gasteiger partial charge in [-0.2, -0.15) is 0 Å². The van der Waals surface area contributed by atoms with Crippen LogP contribution in [0.4, 0.5) is 0 Å². The molecule has 0 atom stereocenters. The molecule has 0 heterocycles. The van der Waals surface area contributed by atoms with E-state index >= 15 is 0 Å². The van der Waals surface area contributed by atoms with Gasteiger partial charge >= 0.3 is 0 Å². The highest BCUT2D eigenvalue weighted by Gasteiger charge is 2.11. The van der Waals surface area contributed by atoms with Gasteiger partial charge in [0.2, 0.25) is 0 Å². The van der Waals surface area contributed by atoms with Crippen molar-refractivity contribution in [3.8, 4) is 23.0 Å². The zero-order chi connectivity index (χ0) is 29.5. The summed E-state index contributed by atoms with van der Waals surface area (Å²) in [5.41, 5.74) is 19.3. The summed E-state index contributed by atoms with van der Waals surface area (Å²) in [6, 6.07) is 20.3. The van der Waals surface area contributed by atoms with E-state index in [-0.39, 0.29) is 5.84 Å². The van der Waals surface area contributed by atoms with Crippen molar-refractivity contribution < 1.29 is 35.2 Å². The monoisotopic (exact) mass is 563 g/mol. The fourth-order valence-electron chi connectivity index (χ4n) is 3.91. The Bertz CT molecular complexity index is 1280. The summed E-state index contributed by atoms with van der Waals surface area (Å²) >= 11 is 0. The first-order valence-corrected chi connectivity index (χ1v) is 13.8. The number of rotatable bonds is 19. The van der Waals surface area contributed by atoms with Crippen LogP contribution < -0.4 is 52.4 Å². The second-order valence-electron chi connectivity index (χ2n) is 9.59. The summed E-state index contributed by atoms with van der Waals surface area (Å²) < 4.78 is 23.6. The Kier molecular flexibility index (Phi) is 12.3. The third-order valence-corrected chi connectivity index (χ3v) is 6.28. The number of unbranched alkanes of at least 4 members (excludes halogenated alkanes) is 4. The van der Waals surface area contributed by atoms with E-state index in [2.05, 4.69) is 0 Å². The van der Waals surface area contributed by atoms with Gasteiger partial charge in [0.25, 0.3) is 17.5 Å². The van der Waals surface area contributed by atoms with Crippen molar-refractivity contribution in [3.63, 3.8) is 0 Å². The number of hydrogen-bond acceptors (Lipinski definition) is 4. The SMILES string of the molecule is NC(=[NH2+])c1ccc(OCCCCCOc2ccc(C(N)=[NH2+])cc2OCCCCCOc2ccc(C(N)=[NH2+])cc2)cc1. The maximum absolute atomic E-state index is 6.04. The van der Waals surface area contributed by atoms with Crippen molar-refractivity contribution >= 4 is 17.5 Å². The van der Waals surface area contributed by atoms with Crippen LogP contribution in [0.1, 0.15) is 55.2 Å². The quantitative estimate of drug-likeness (QED) is 0.0633. The molecule has 0 saturated heterocycles. The molecule has 0 radical (unpaired) electrons. The molecular formula is C31H43N6O4+3. The predicted octanol–water partition coefficient (Wildman–Crippen LogP) is -0.664. The van der Waals surface area contributed by atoms with Crippen molar-refractivity contribution in [3.05, 3.63) is 83.4 Å². The second kappa shape index (κ2) is 16.4. The lowest BCUT2D eigenvalue weighted by atomic mass is 10.2. The molecule has 3 aromatic carbocycles. The lowest BCUT2D eigenvalue weighted by Crippen LogP contribution is -2.46. The zero-order valence-corrected chi connectivity index (χ0v) is 23.5. The molecule has 0 aliphatic carbocycles. The molecule has 0 aliphatic rings. The van der Waals surface area contributed by atoms with E-state index in [1.807, 2.05) is 66.7 Å². The number of amidine groups is 3. The Morgan fingerprint density at radius 2 is 0.805 bits per heavy atom. The van der Waals surface area contributed by atoms with Crippen molar-refractivity contribution in [1.29, 1.82) is 0 Å². The second-order valence-corrected chi connectivity index (χ2v) is 9.59. The van der Waals surface area contributed by atoms with Gasteiger partial charge in [0.05, 0.1) is 43.1 Å². The number of nitrogens with two attached hydrogens (primary N) is 6. The molecule has 0 saturated carbocycles. The average molecular weight is 564 g/mol. The Morgan fingerprint density at radius 1 is 0.439 bits per heavy atom. The standard InChI is InChI=1S/C31H40N6O4/c32-29(33)22-7-12-25(13-8-22)38-17-3-1-5-19-40-27-16-11-24(31(36)37)21-28(27)41-20-6-2-4-18-39-26-14-9-23(10-15-26)30(34)35/h7-16,21H,1-6,17-20H2,(H3,32,33)(H3,34,35)(H3,36,37)/p+3. The fourth-order valence-corrected chi connectivity index (χ4v) is 3.91. The molecule has 10 nitrogen and oxygen atoms in total. The van der Waals surface area contributed by atoms with Crippen LogP contribution in [-0.2, 0) is 0 Å². The van der Waals surface area contributed by atoms with Crippen LogP contribution in [0.2, 0.25) is 0 Å². The Balaban J connectivity index is 1.33. The van der Waals surface area contributed by atoms with Crippen molar-refractivity contribution in [1.82, 2.24) is 0 Å². The van der Waals surface area contributed by atoms with Gasteiger partial charge in [-0.15, -0.1) is 0 Å². The van der Waals surface area contributed by atoms with E-state index in [4.69, 9.17) is 52.4 Å². The summed E-state index contributed by atoms with van der Waals surface area (Å²) in [7, 11) is 0. The molecule has 0 aromatic heterocycles. The summed E-state index contributed by atoms with van der Waals surface area (Å²) in [4.78, 5) is 0. The maximum Gasteiger partial charge on any atom is 0.270 e. The van der Waals surface area contributed by atoms with Crippen LogP contribution in [-0.4, -0.2) is 43.9 Å². The molecule has 0 unspecified atom stereocenters. The lowest BCUT2D eigenvalue weighted by Gasteiger charge is -2.14. The summed E-state index contributed by atoms with van der Waals surface area (Å²) in [5.74, 6) is 3.70. The van der Waals surface area contributed by atoms with Gasteiger partial charge < -0.3 is 18.9 Å². The van der Waals surface area contributed by atoms with Gasteiger partial charge in [-0.3, -0.25) is 33.4 Å². The van der Waals surface area contributed by atoms with Crippen LogP contribution in [0.25, 0.3) is 0 Å². The molecule has 0 aliphatic heterocycles. The first-order chi connectivity index (χ1) is 19.8. The zero-order valence-electron chi connectivity index (χ0n) is 23.5. The Hall–Kier alpha value is -4.73. The topological polar surface area (TPSA) is 192 Å². The van der Waals surface area contributed by atoms with E-state index in [9.17, 15) is 0 Å². The maximum atomic E-state index is 6.04. The fraction of sp³-hybridized carbons (Fsp3) is 0.323.